The number of carbonyl (C=O) groups is 3. The fourth-order valence-corrected chi connectivity index (χ4v) is 3.18. The second kappa shape index (κ2) is 7.98. The number of primary amides is 1. The maximum Gasteiger partial charge on any atom is 0.269 e. The van der Waals surface area contributed by atoms with Gasteiger partial charge in [0.05, 0.1) is 12.6 Å². The lowest BCUT2D eigenvalue weighted by molar-refractivity contribution is 0.0886. The average Bonchev–Trinajstić information content (AvgIpc) is 3.33. The van der Waals surface area contributed by atoms with Crippen molar-refractivity contribution in [1.82, 2.24) is 20.8 Å². The Morgan fingerprint density at radius 1 is 1.22 bits per heavy atom. The summed E-state index contributed by atoms with van der Waals surface area (Å²) in [5, 5.41) is 23.6. The van der Waals surface area contributed by atoms with Gasteiger partial charge in [-0.2, -0.15) is 5.10 Å². The van der Waals surface area contributed by atoms with Crippen LogP contribution < -0.4 is 16.4 Å². The highest BCUT2D eigenvalue weighted by atomic mass is 32.1. The predicted octanol–water partition coefficient (Wildman–Crippen LogP) is 0.244. The molecule has 3 aromatic rings. The van der Waals surface area contributed by atoms with Crippen LogP contribution in [0.3, 0.4) is 0 Å². The first-order chi connectivity index (χ1) is 13.0. The van der Waals surface area contributed by atoms with Crippen LogP contribution in [-0.4, -0.2) is 52.2 Å². The quantitative estimate of drug-likeness (QED) is 0.394. The Bertz CT molecular complexity index is 996. The number of nitrogens with zero attached hydrogens (tertiary/aromatic N) is 1. The van der Waals surface area contributed by atoms with Crippen LogP contribution in [0.2, 0.25) is 0 Å². The van der Waals surface area contributed by atoms with Crippen LogP contribution in [0.5, 0.6) is 0 Å². The summed E-state index contributed by atoms with van der Waals surface area (Å²) in [6.07, 6.45) is 0. The number of hydrogen-bond acceptors (Lipinski definition) is 6. The number of rotatable bonds is 7. The van der Waals surface area contributed by atoms with Crippen molar-refractivity contribution in [2.45, 2.75) is 6.04 Å². The highest BCUT2D eigenvalue weighted by Gasteiger charge is 2.17. The number of nitrogens with two attached hydrogens (primary N) is 1. The topological polar surface area (TPSA) is 150 Å². The number of hydrogen-bond donors (Lipinski definition) is 5. The van der Waals surface area contributed by atoms with Crippen LogP contribution in [-0.2, 0) is 0 Å². The van der Waals surface area contributed by atoms with Crippen molar-refractivity contribution in [3.05, 3.63) is 52.7 Å². The van der Waals surface area contributed by atoms with E-state index in [0.717, 1.165) is 10.1 Å². The molecule has 1 aromatic carbocycles. The summed E-state index contributed by atoms with van der Waals surface area (Å²) in [6.45, 7) is -0.366. The van der Waals surface area contributed by atoms with E-state index in [-0.39, 0.29) is 30.4 Å². The van der Waals surface area contributed by atoms with E-state index < -0.39 is 17.9 Å². The van der Waals surface area contributed by atoms with E-state index in [1.54, 1.807) is 23.5 Å². The number of amides is 3. The highest BCUT2D eigenvalue weighted by molar-refractivity contribution is 7.17. The first-order valence-corrected chi connectivity index (χ1v) is 8.88. The number of aromatic nitrogens is 2. The number of aromatic amines is 1. The Hall–Kier alpha value is -3.24. The predicted molar refractivity (Wildman–Crippen MR) is 99.6 cm³/mol. The smallest absolute Gasteiger partial charge is 0.269 e. The first-order valence-electron chi connectivity index (χ1n) is 8.00. The van der Waals surface area contributed by atoms with Gasteiger partial charge in [-0.15, -0.1) is 11.3 Å². The Labute approximate surface area is 157 Å². The second-order valence-electron chi connectivity index (χ2n) is 5.77. The summed E-state index contributed by atoms with van der Waals surface area (Å²) in [7, 11) is 0. The van der Waals surface area contributed by atoms with Crippen molar-refractivity contribution in [3.8, 4) is 0 Å². The summed E-state index contributed by atoms with van der Waals surface area (Å²) < 4.78 is 1.08. The van der Waals surface area contributed by atoms with E-state index in [2.05, 4.69) is 20.8 Å². The molecule has 27 heavy (non-hydrogen) atoms. The minimum Gasteiger partial charge on any atom is -0.394 e. The highest BCUT2D eigenvalue weighted by Crippen LogP contribution is 2.21. The third kappa shape index (κ3) is 4.30. The molecule has 3 amide bonds. The van der Waals surface area contributed by atoms with Crippen molar-refractivity contribution in [1.29, 1.82) is 0 Å². The Balaban J connectivity index is 1.58. The average molecular weight is 387 g/mol. The minimum absolute atomic E-state index is 0.00725. The molecule has 0 bridgehead atoms. The zero-order valence-corrected chi connectivity index (χ0v) is 14.9. The molecule has 0 aliphatic rings. The van der Waals surface area contributed by atoms with Gasteiger partial charge in [0.25, 0.3) is 17.7 Å². The molecule has 0 aliphatic heterocycles. The number of H-pyrrole nitrogens is 1. The van der Waals surface area contributed by atoms with Gasteiger partial charge in [0.15, 0.2) is 5.69 Å². The van der Waals surface area contributed by atoms with E-state index in [9.17, 15) is 19.5 Å². The fourth-order valence-electron chi connectivity index (χ4n) is 2.41. The van der Waals surface area contributed by atoms with Crippen molar-refractivity contribution < 1.29 is 19.5 Å². The van der Waals surface area contributed by atoms with Gasteiger partial charge in [-0.05, 0) is 35.0 Å². The molecule has 0 aliphatic carbocycles. The lowest BCUT2D eigenvalue weighted by Gasteiger charge is -2.17. The zero-order chi connectivity index (χ0) is 19.4. The monoisotopic (exact) mass is 387 g/mol. The maximum absolute atomic E-state index is 12.4. The largest absolute Gasteiger partial charge is 0.394 e. The molecular weight excluding hydrogens is 370 g/mol. The SMILES string of the molecule is NC(=O)c1cc(C(=O)NC[C@H](CO)NC(=O)c2ccc3sccc3c2)[nH]n1. The molecular formula is C17H17N5O4S. The van der Waals surface area contributed by atoms with Crippen LogP contribution in [0.1, 0.15) is 31.3 Å². The van der Waals surface area contributed by atoms with Crippen molar-refractivity contribution in [2.75, 3.05) is 13.2 Å². The summed E-state index contributed by atoms with van der Waals surface area (Å²) in [6, 6.07) is 7.80. The number of aliphatic hydroxyl groups excluding tert-OH is 1. The molecule has 0 saturated heterocycles. The van der Waals surface area contributed by atoms with Crippen LogP contribution in [0.15, 0.2) is 35.7 Å². The summed E-state index contributed by atoms with van der Waals surface area (Å²) >= 11 is 1.58. The van der Waals surface area contributed by atoms with Gasteiger partial charge in [0.2, 0.25) is 0 Å². The Morgan fingerprint density at radius 2 is 2.04 bits per heavy atom. The van der Waals surface area contributed by atoms with Crippen LogP contribution in [0, 0.1) is 0 Å². The molecule has 0 fully saturated rings. The van der Waals surface area contributed by atoms with Gasteiger partial charge in [-0.25, -0.2) is 0 Å². The van der Waals surface area contributed by atoms with Gasteiger partial charge in [0, 0.05) is 22.9 Å². The Morgan fingerprint density at radius 3 is 2.74 bits per heavy atom. The van der Waals surface area contributed by atoms with Gasteiger partial charge >= 0.3 is 0 Å². The van der Waals surface area contributed by atoms with E-state index in [4.69, 9.17) is 5.73 Å². The molecule has 9 nitrogen and oxygen atoms in total. The first kappa shape index (κ1) is 18.5. The number of benzene rings is 1. The lowest BCUT2D eigenvalue weighted by atomic mass is 10.1. The molecule has 10 heteroatoms. The fraction of sp³-hybridized carbons (Fsp3) is 0.176. The molecule has 2 aromatic heterocycles. The molecule has 1 atom stereocenters. The number of nitrogens with one attached hydrogen (secondary N) is 3. The van der Waals surface area contributed by atoms with Crippen molar-refractivity contribution >= 4 is 39.1 Å². The van der Waals surface area contributed by atoms with Crippen LogP contribution in [0.4, 0.5) is 0 Å². The lowest BCUT2D eigenvalue weighted by Crippen LogP contribution is -2.45. The molecule has 6 N–H and O–H groups in total. The number of fused-ring (bicyclic) bond motifs is 1. The molecule has 0 spiro atoms. The molecule has 140 valence electrons. The zero-order valence-electron chi connectivity index (χ0n) is 14.1. The van der Waals surface area contributed by atoms with Crippen molar-refractivity contribution in [2.24, 2.45) is 5.73 Å². The minimum atomic E-state index is -0.756. The maximum atomic E-state index is 12.4. The second-order valence-corrected chi connectivity index (χ2v) is 6.71. The molecule has 0 radical (unpaired) electrons. The van der Waals surface area contributed by atoms with Crippen LogP contribution >= 0.6 is 11.3 Å². The van der Waals surface area contributed by atoms with E-state index >= 15 is 0 Å². The van der Waals surface area contributed by atoms with Crippen LogP contribution in [0.25, 0.3) is 10.1 Å². The summed E-state index contributed by atoms with van der Waals surface area (Å²) in [4.78, 5) is 35.4. The van der Waals surface area contributed by atoms with Gasteiger partial charge in [-0.1, -0.05) is 0 Å². The summed E-state index contributed by atoms with van der Waals surface area (Å²) in [5.41, 5.74) is 5.53. The number of thiophene rings is 1. The van der Waals surface area contributed by atoms with Gasteiger partial charge in [-0.3, -0.25) is 19.5 Å². The standard InChI is InChI=1S/C17H17N5O4S/c18-15(24)12-6-13(22-21-12)17(26)19-7-11(8-23)20-16(25)10-1-2-14-9(5-10)3-4-27-14/h1-6,11,23H,7-8H2,(H2,18,24)(H,19,26)(H,20,25)(H,21,22)/t11-/m1/s1. The molecule has 2 heterocycles. The molecule has 0 unspecified atom stereocenters. The third-order valence-corrected chi connectivity index (χ3v) is 4.75. The van der Waals surface area contributed by atoms with E-state index in [1.165, 1.54) is 6.07 Å². The number of carbonyl (C=O) groups excluding carboxylic acids is 3. The van der Waals surface area contributed by atoms with Gasteiger partial charge in [0.1, 0.15) is 5.69 Å². The number of aliphatic hydroxyl groups is 1. The summed E-state index contributed by atoms with van der Waals surface area (Å²) in [5.74, 6) is -1.65. The molecule has 3 rings (SSSR count). The van der Waals surface area contributed by atoms with E-state index in [1.807, 2.05) is 17.5 Å². The molecule has 0 saturated carbocycles. The van der Waals surface area contributed by atoms with Gasteiger partial charge < -0.3 is 21.5 Å². The normalized spacial score (nSPS) is 11.9. The van der Waals surface area contributed by atoms with E-state index in [0.29, 0.717) is 5.56 Å². The van der Waals surface area contributed by atoms with Crippen molar-refractivity contribution in [3.63, 3.8) is 0 Å². The third-order valence-electron chi connectivity index (χ3n) is 3.85. The Kier molecular flexibility index (Phi) is 5.48.